The van der Waals surface area contributed by atoms with Gasteiger partial charge in [0.25, 0.3) is 0 Å². The molecule has 0 spiro atoms. The van der Waals surface area contributed by atoms with Gasteiger partial charge in [0.1, 0.15) is 5.82 Å². The molecule has 0 amide bonds. The van der Waals surface area contributed by atoms with Crippen LogP contribution in [-0.2, 0) is 14.8 Å². The van der Waals surface area contributed by atoms with E-state index < -0.39 is 16.0 Å². The third-order valence-electron chi connectivity index (χ3n) is 5.92. The van der Waals surface area contributed by atoms with E-state index in [1.165, 1.54) is 11.4 Å². The van der Waals surface area contributed by atoms with Gasteiger partial charge in [-0.25, -0.2) is 18.2 Å². The highest BCUT2D eigenvalue weighted by Crippen LogP contribution is 2.39. The van der Waals surface area contributed by atoms with E-state index in [1.54, 1.807) is 25.1 Å². The summed E-state index contributed by atoms with van der Waals surface area (Å²) in [6.07, 6.45) is 1.45. The van der Waals surface area contributed by atoms with Crippen LogP contribution in [-0.4, -0.2) is 41.9 Å². The van der Waals surface area contributed by atoms with Crippen LogP contribution in [0.5, 0.6) is 0 Å². The maximum Gasteiger partial charge on any atom is 0.338 e. The largest absolute Gasteiger partial charge is 0.465 e. The maximum atomic E-state index is 13.7. The van der Waals surface area contributed by atoms with Crippen molar-refractivity contribution in [2.75, 3.05) is 13.7 Å². The van der Waals surface area contributed by atoms with Crippen molar-refractivity contribution in [1.82, 2.24) is 13.9 Å². The molecule has 2 heterocycles. The van der Waals surface area contributed by atoms with Gasteiger partial charge in [0.2, 0.25) is 10.0 Å². The molecule has 7 nitrogen and oxygen atoms in total. The predicted molar refractivity (Wildman–Crippen MR) is 119 cm³/mol. The highest BCUT2D eigenvalue weighted by atomic mass is 32.2. The summed E-state index contributed by atoms with van der Waals surface area (Å²) in [6.45, 7) is 6.22. The lowest BCUT2D eigenvalue weighted by molar-refractivity contribution is 0.0599. The van der Waals surface area contributed by atoms with Crippen LogP contribution in [0.2, 0.25) is 0 Å². The van der Waals surface area contributed by atoms with Crippen LogP contribution >= 0.6 is 0 Å². The van der Waals surface area contributed by atoms with Crippen molar-refractivity contribution in [2.45, 2.75) is 50.6 Å². The number of hydrogen-bond acceptors (Lipinski definition) is 5. The molecule has 1 aliphatic heterocycles. The Hall–Kier alpha value is -2.71. The second-order valence-electron chi connectivity index (χ2n) is 8.12. The summed E-state index contributed by atoms with van der Waals surface area (Å²) in [6, 6.07) is 12.4. The van der Waals surface area contributed by atoms with Gasteiger partial charge < -0.3 is 9.30 Å². The Bertz CT molecular complexity index is 1250. The van der Waals surface area contributed by atoms with Crippen molar-refractivity contribution in [3.8, 4) is 0 Å². The number of hydrogen-bond donors (Lipinski definition) is 0. The average Bonchev–Trinajstić information content (AvgIpc) is 3.38. The van der Waals surface area contributed by atoms with Gasteiger partial charge in [-0.1, -0.05) is 18.2 Å². The fourth-order valence-corrected chi connectivity index (χ4v) is 6.38. The van der Waals surface area contributed by atoms with Crippen molar-refractivity contribution >= 4 is 27.0 Å². The number of carbonyl (C=O) groups is 1. The quantitative estimate of drug-likeness (QED) is 0.553. The van der Waals surface area contributed by atoms with Crippen LogP contribution < -0.4 is 0 Å². The van der Waals surface area contributed by atoms with E-state index >= 15 is 0 Å². The van der Waals surface area contributed by atoms with Gasteiger partial charge in [-0.05, 0) is 63.4 Å². The lowest BCUT2D eigenvalue weighted by Crippen LogP contribution is -2.33. The van der Waals surface area contributed by atoms with Crippen molar-refractivity contribution < 1.29 is 17.9 Å². The molecule has 0 unspecified atom stereocenters. The minimum atomic E-state index is -3.84. The summed E-state index contributed by atoms with van der Waals surface area (Å²) in [5, 5.41) is 0. The number of ether oxygens (including phenoxy) is 1. The van der Waals surface area contributed by atoms with Crippen LogP contribution in [0.1, 0.15) is 60.5 Å². The number of benzene rings is 2. The monoisotopic (exact) mass is 441 g/mol. The highest BCUT2D eigenvalue weighted by Gasteiger charge is 2.40. The first-order valence-electron chi connectivity index (χ1n) is 10.4. The zero-order valence-corrected chi connectivity index (χ0v) is 19.0. The Morgan fingerprint density at radius 3 is 2.61 bits per heavy atom. The SMILES string of the molecule is COC(=O)c1cccc(S(=O)(=O)N2CCC[C@@H]2c2nc3ccccc3n2C(C)C)c1C. The summed E-state index contributed by atoms with van der Waals surface area (Å²) in [5.41, 5.74) is 2.52. The number of rotatable bonds is 5. The molecular formula is C23H27N3O4S. The fourth-order valence-electron chi connectivity index (χ4n) is 4.48. The minimum absolute atomic E-state index is 0.134. The Kier molecular flexibility index (Phi) is 5.61. The Morgan fingerprint density at radius 1 is 1.16 bits per heavy atom. The van der Waals surface area contributed by atoms with Crippen LogP contribution in [0.25, 0.3) is 11.0 Å². The van der Waals surface area contributed by atoms with Gasteiger partial charge in [-0.2, -0.15) is 4.31 Å². The lowest BCUT2D eigenvalue weighted by Gasteiger charge is -2.26. The number of methoxy groups -OCH3 is 1. The van der Waals surface area contributed by atoms with E-state index in [4.69, 9.17) is 9.72 Å². The van der Waals surface area contributed by atoms with Crippen molar-refractivity contribution in [2.24, 2.45) is 0 Å². The Morgan fingerprint density at radius 2 is 1.90 bits per heavy atom. The molecule has 0 aliphatic carbocycles. The normalized spacial score (nSPS) is 17.5. The average molecular weight is 442 g/mol. The van der Waals surface area contributed by atoms with Crippen molar-refractivity contribution in [3.05, 3.63) is 59.4 Å². The van der Waals surface area contributed by atoms with Crippen LogP contribution in [0.4, 0.5) is 0 Å². The van der Waals surface area contributed by atoms with Crippen molar-refractivity contribution in [3.63, 3.8) is 0 Å². The first kappa shape index (κ1) is 21.5. The summed E-state index contributed by atoms with van der Waals surface area (Å²) < 4.78 is 36.0. The van der Waals surface area contributed by atoms with E-state index in [0.29, 0.717) is 18.5 Å². The molecule has 1 aromatic heterocycles. The molecule has 2 aromatic carbocycles. The number of esters is 1. The van der Waals surface area contributed by atoms with Gasteiger partial charge in [0.15, 0.2) is 0 Å². The molecular weight excluding hydrogens is 414 g/mol. The number of para-hydroxylation sites is 2. The second-order valence-corrected chi connectivity index (χ2v) is 9.98. The molecule has 1 atom stereocenters. The van der Waals surface area contributed by atoms with Crippen LogP contribution in [0.3, 0.4) is 0 Å². The maximum absolute atomic E-state index is 13.7. The van der Waals surface area contributed by atoms with Crippen LogP contribution in [0.15, 0.2) is 47.4 Å². The standard InChI is InChI=1S/C23H27N3O4S/c1-15(2)26-19-11-6-5-10-18(19)24-22(26)20-12-8-14-25(20)31(28,29)21-13-7-9-17(16(21)3)23(27)30-4/h5-7,9-11,13,15,20H,8,12,14H2,1-4H3/t20-/m1/s1. The number of carbonyl (C=O) groups excluding carboxylic acids is 1. The van der Waals surface area contributed by atoms with Gasteiger partial charge >= 0.3 is 5.97 Å². The van der Waals surface area contributed by atoms with E-state index in [1.807, 2.05) is 24.3 Å². The zero-order valence-electron chi connectivity index (χ0n) is 18.2. The van der Waals surface area contributed by atoms with Crippen LogP contribution in [0, 0.1) is 6.92 Å². The highest BCUT2D eigenvalue weighted by molar-refractivity contribution is 7.89. The Labute approximate surface area is 182 Å². The third kappa shape index (κ3) is 3.53. The summed E-state index contributed by atoms with van der Waals surface area (Å²) >= 11 is 0. The van der Waals surface area contributed by atoms with E-state index in [0.717, 1.165) is 23.3 Å². The number of aromatic nitrogens is 2. The number of nitrogens with zero attached hydrogens (tertiary/aromatic N) is 3. The number of sulfonamides is 1. The first-order chi connectivity index (χ1) is 14.8. The topological polar surface area (TPSA) is 81.5 Å². The van der Waals surface area contributed by atoms with Gasteiger partial charge in [0.05, 0.1) is 34.6 Å². The molecule has 1 aliphatic rings. The molecule has 31 heavy (non-hydrogen) atoms. The van der Waals surface area contributed by atoms with E-state index in [9.17, 15) is 13.2 Å². The van der Waals surface area contributed by atoms with Gasteiger partial charge in [0, 0.05) is 12.6 Å². The smallest absolute Gasteiger partial charge is 0.338 e. The van der Waals surface area contributed by atoms with E-state index in [-0.39, 0.29) is 22.5 Å². The van der Waals surface area contributed by atoms with Crippen molar-refractivity contribution in [1.29, 1.82) is 0 Å². The number of imidazole rings is 1. The summed E-state index contributed by atoms with van der Waals surface area (Å²) in [4.78, 5) is 17.1. The summed E-state index contributed by atoms with van der Waals surface area (Å²) in [5.74, 6) is 0.216. The molecule has 0 N–H and O–H groups in total. The molecule has 4 rings (SSSR count). The first-order valence-corrected chi connectivity index (χ1v) is 11.9. The molecule has 0 radical (unpaired) electrons. The lowest BCUT2D eigenvalue weighted by atomic mass is 10.1. The molecule has 1 saturated heterocycles. The molecule has 8 heteroatoms. The zero-order chi connectivity index (χ0) is 22.3. The predicted octanol–water partition coefficient (Wildman–Crippen LogP) is 4.24. The Balaban J connectivity index is 1.82. The van der Waals surface area contributed by atoms with E-state index in [2.05, 4.69) is 18.4 Å². The molecule has 3 aromatic rings. The third-order valence-corrected chi connectivity index (χ3v) is 7.97. The number of fused-ring (bicyclic) bond motifs is 1. The molecule has 0 saturated carbocycles. The molecule has 164 valence electrons. The minimum Gasteiger partial charge on any atom is -0.465 e. The molecule has 1 fully saturated rings. The second kappa shape index (κ2) is 8.09. The fraction of sp³-hybridized carbons (Fsp3) is 0.391. The molecule has 0 bridgehead atoms. The van der Waals surface area contributed by atoms with Gasteiger partial charge in [-0.3, -0.25) is 0 Å². The summed E-state index contributed by atoms with van der Waals surface area (Å²) in [7, 11) is -2.55. The van der Waals surface area contributed by atoms with Gasteiger partial charge in [-0.15, -0.1) is 0 Å².